The Kier molecular flexibility index (Phi) is 3.64. The van der Waals surface area contributed by atoms with Gasteiger partial charge in [0.25, 0.3) is 5.69 Å². The first kappa shape index (κ1) is 12.2. The molecule has 0 spiro atoms. The van der Waals surface area contributed by atoms with Crippen molar-refractivity contribution >= 4 is 28.7 Å². The lowest BCUT2D eigenvalue weighted by atomic mass is 10.3. The van der Waals surface area contributed by atoms with Crippen molar-refractivity contribution in [1.82, 2.24) is 0 Å². The van der Waals surface area contributed by atoms with Gasteiger partial charge in [0, 0.05) is 12.1 Å². The number of benzene rings is 2. The molecule has 0 unspecified atom stereocenters. The maximum absolute atomic E-state index is 10.5. The van der Waals surface area contributed by atoms with E-state index in [4.69, 9.17) is 11.6 Å². The fourth-order valence-corrected chi connectivity index (χ4v) is 1.46. The van der Waals surface area contributed by atoms with Gasteiger partial charge in [-0.05, 0) is 24.3 Å². The molecule has 2 rings (SSSR count). The minimum absolute atomic E-state index is 0.0201. The van der Waals surface area contributed by atoms with Crippen LogP contribution in [0, 0.1) is 10.1 Å². The van der Waals surface area contributed by atoms with Gasteiger partial charge in [0.2, 0.25) is 0 Å². The molecule has 18 heavy (non-hydrogen) atoms. The van der Waals surface area contributed by atoms with Gasteiger partial charge in [0.1, 0.15) is 5.69 Å². The van der Waals surface area contributed by atoms with Gasteiger partial charge in [0.15, 0.2) is 0 Å². The third kappa shape index (κ3) is 2.89. The largest absolute Gasteiger partial charge is 0.269 e. The Morgan fingerprint density at radius 2 is 1.67 bits per heavy atom. The van der Waals surface area contributed by atoms with Crippen molar-refractivity contribution < 1.29 is 4.92 Å². The van der Waals surface area contributed by atoms with Gasteiger partial charge in [-0.2, -0.15) is 5.11 Å². The zero-order valence-electron chi connectivity index (χ0n) is 9.15. The van der Waals surface area contributed by atoms with E-state index < -0.39 is 4.92 Å². The second kappa shape index (κ2) is 5.37. The smallest absolute Gasteiger partial charge is 0.258 e. The highest BCUT2D eigenvalue weighted by Gasteiger charge is 2.03. The molecule has 0 aromatic heterocycles. The fourth-order valence-electron chi connectivity index (χ4n) is 1.29. The lowest BCUT2D eigenvalue weighted by molar-refractivity contribution is -0.384. The van der Waals surface area contributed by atoms with E-state index in [0.29, 0.717) is 16.4 Å². The molecule has 0 saturated carbocycles. The molecule has 0 aliphatic heterocycles. The van der Waals surface area contributed by atoms with E-state index in [0.717, 1.165) is 0 Å². The molecule has 0 atom stereocenters. The van der Waals surface area contributed by atoms with Crippen LogP contribution < -0.4 is 0 Å². The number of halogens is 1. The molecule has 0 radical (unpaired) electrons. The molecular formula is C12H8ClN3O2. The van der Waals surface area contributed by atoms with Crippen molar-refractivity contribution in [3.8, 4) is 0 Å². The third-order valence-electron chi connectivity index (χ3n) is 2.19. The van der Waals surface area contributed by atoms with Crippen LogP contribution in [0.2, 0.25) is 5.02 Å². The first-order valence-electron chi connectivity index (χ1n) is 5.07. The van der Waals surface area contributed by atoms with Gasteiger partial charge in [-0.3, -0.25) is 10.1 Å². The molecule has 0 aliphatic rings. The summed E-state index contributed by atoms with van der Waals surface area (Å²) in [5, 5.41) is 18.9. The SMILES string of the molecule is O=[N+]([O-])c1ccc(/N=N/c2ccccc2Cl)cc1. The first-order valence-corrected chi connectivity index (χ1v) is 5.45. The minimum Gasteiger partial charge on any atom is -0.258 e. The van der Waals surface area contributed by atoms with Crippen LogP contribution in [0.15, 0.2) is 58.8 Å². The molecule has 0 bridgehead atoms. The van der Waals surface area contributed by atoms with Crippen LogP contribution >= 0.6 is 11.6 Å². The summed E-state index contributed by atoms with van der Waals surface area (Å²) < 4.78 is 0. The quantitative estimate of drug-likeness (QED) is 0.458. The van der Waals surface area contributed by atoms with Crippen molar-refractivity contribution in [2.75, 3.05) is 0 Å². The molecule has 90 valence electrons. The summed E-state index contributed by atoms with van der Waals surface area (Å²) in [5.74, 6) is 0. The van der Waals surface area contributed by atoms with E-state index in [9.17, 15) is 10.1 Å². The van der Waals surface area contributed by atoms with Gasteiger partial charge in [-0.25, -0.2) is 0 Å². The van der Waals surface area contributed by atoms with Crippen LogP contribution in [0.3, 0.4) is 0 Å². The van der Waals surface area contributed by atoms with Gasteiger partial charge in [0.05, 0.1) is 15.6 Å². The van der Waals surface area contributed by atoms with Crippen molar-refractivity contribution in [2.24, 2.45) is 10.2 Å². The summed E-state index contributed by atoms with van der Waals surface area (Å²) in [5.41, 5.74) is 1.10. The maximum atomic E-state index is 10.5. The lowest BCUT2D eigenvalue weighted by Gasteiger charge is -1.95. The number of nitro benzene ring substituents is 1. The molecule has 6 heteroatoms. The van der Waals surface area contributed by atoms with Crippen LogP contribution in [-0.4, -0.2) is 4.92 Å². The molecule has 0 N–H and O–H groups in total. The average molecular weight is 262 g/mol. The van der Waals surface area contributed by atoms with Crippen LogP contribution in [0.5, 0.6) is 0 Å². The second-order valence-electron chi connectivity index (χ2n) is 3.42. The zero-order chi connectivity index (χ0) is 13.0. The van der Waals surface area contributed by atoms with E-state index in [1.54, 1.807) is 24.3 Å². The van der Waals surface area contributed by atoms with Crippen molar-refractivity contribution in [3.05, 3.63) is 63.7 Å². The minimum atomic E-state index is -0.463. The van der Waals surface area contributed by atoms with Gasteiger partial charge >= 0.3 is 0 Å². The standard InChI is InChI=1S/C12H8ClN3O2/c13-11-3-1-2-4-12(11)15-14-9-5-7-10(8-6-9)16(17)18/h1-8H/b15-14+. The molecule has 5 nitrogen and oxygen atoms in total. The van der Waals surface area contributed by atoms with Crippen molar-refractivity contribution in [1.29, 1.82) is 0 Å². The number of azo groups is 1. The van der Waals surface area contributed by atoms with Crippen LogP contribution in [0.4, 0.5) is 17.1 Å². The van der Waals surface area contributed by atoms with E-state index in [2.05, 4.69) is 10.2 Å². The summed E-state index contributed by atoms with van der Waals surface area (Å²) in [6.45, 7) is 0. The molecule has 0 saturated heterocycles. The van der Waals surface area contributed by atoms with Gasteiger partial charge < -0.3 is 0 Å². The fraction of sp³-hybridized carbons (Fsp3) is 0. The Morgan fingerprint density at radius 1 is 1.00 bits per heavy atom. The molecule has 0 amide bonds. The van der Waals surface area contributed by atoms with Crippen LogP contribution in [0.1, 0.15) is 0 Å². The first-order chi connectivity index (χ1) is 8.66. The topological polar surface area (TPSA) is 67.9 Å². The predicted octanol–water partition coefficient (Wildman–Crippen LogP) is 4.66. The number of nitro groups is 1. The third-order valence-corrected chi connectivity index (χ3v) is 2.51. The number of hydrogen-bond donors (Lipinski definition) is 0. The molecule has 0 heterocycles. The summed E-state index contributed by atoms with van der Waals surface area (Å²) in [6.07, 6.45) is 0. The number of nitrogens with zero attached hydrogens (tertiary/aromatic N) is 3. The Balaban J connectivity index is 2.19. The lowest BCUT2D eigenvalue weighted by Crippen LogP contribution is -1.85. The summed E-state index contributed by atoms with van der Waals surface area (Å²) in [6, 6.07) is 12.9. The van der Waals surface area contributed by atoms with Crippen LogP contribution in [-0.2, 0) is 0 Å². The number of rotatable bonds is 3. The molecule has 2 aromatic rings. The Hall–Kier alpha value is -2.27. The predicted molar refractivity (Wildman–Crippen MR) is 68.7 cm³/mol. The average Bonchev–Trinajstić information content (AvgIpc) is 2.38. The molecule has 0 aliphatic carbocycles. The zero-order valence-corrected chi connectivity index (χ0v) is 9.91. The molecule has 2 aromatic carbocycles. The summed E-state index contributed by atoms with van der Waals surface area (Å²) in [4.78, 5) is 10.0. The maximum Gasteiger partial charge on any atom is 0.269 e. The highest BCUT2D eigenvalue weighted by atomic mass is 35.5. The Labute approximate surface area is 108 Å². The normalized spacial score (nSPS) is 10.7. The highest BCUT2D eigenvalue weighted by molar-refractivity contribution is 6.32. The highest BCUT2D eigenvalue weighted by Crippen LogP contribution is 2.26. The molecule has 0 fully saturated rings. The Bertz CT molecular complexity index is 597. The van der Waals surface area contributed by atoms with E-state index in [1.165, 1.54) is 24.3 Å². The molecular weight excluding hydrogens is 254 g/mol. The monoisotopic (exact) mass is 261 g/mol. The van der Waals surface area contributed by atoms with E-state index in [-0.39, 0.29) is 5.69 Å². The summed E-state index contributed by atoms with van der Waals surface area (Å²) in [7, 11) is 0. The van der Waals surface area contributed by atoms with Crippen molar-refractivity contribution in [2.45, 2.75) is 0 Å². The van der Waals surface area contributed by atoms with Gasteiger partial charge in [-0.1, -0.05) is 23.7 Å². The van der Waals surface area contributed by atoms with E-state index in [1.807, 2.05) is 0 Å². The van der Waals surface area contributed by atoms with Crippen molar-refractivity contribution in [3.63, 3.8) is 0 Å². The summed E-state index contributed by atoms with van der Waals surface area (Å²) >= 11 is 5.91. The van der Waals surface area contributed by atoms with Gasteiger partial charge in [-0.15, -0.1) is 5.11 Å². The van der Waals surface area contributed by atoms with E-state index >= 15 is 0 Å². The number of hydrogen-bond acceptors (Lipinski definition) is 4. The number of non-ortho nitro benzene ring substituents is 1. The Morgan fingerprint density at radius 3 is 2.28 bits per heavy atom. The van der Waals surface area contributed by atoms with Crippen LogP contribution in [0.25, 0.3) is 0 Å². The second-order valence-corrected chi connectivity index (χ2v) is 3.83.